The molecular formula is C24H24ClFN4O3. The molecule has 1 aliphatic rings. The molecule has 3 aromatic rings. The summed E-state index contributed by atoms with van der Waals surface area (Å²) in [5, 5.41) is 7.86. The van der Waals surface area contributed by atoms with Crippen molar-refractivity contribution in [2.45, 2.75) is 26.3 Å². The third kappa shape index (κ3) is 4.57. The van der Waals surface area contributed by atoms with Gasteiger partial charge in [0.05, 0.1) is 36.6 Å². The minimum atomic E-state index is -0.504. The number of anilines is 1. The van der Waals surface area contributed by atoms with E-state index in [1.165, 1.54) is 24.1 Å². The third-order valence-corrected chi connectivity index (χ3v) is 6.11. The first-order chi connectivity index (χ1) is 15.8. The van der Waals surface area contributed by atoms with E-state index in [9.17, 15) is 14.0 Å². The molecule has 1 aliphatic heterocycles. The van der Waals surface area contributed by atoms with Gasteiger partial charge in [-0.25, -0.2) is 9.07 Å². The average molecular weight is 471 g/mol. The molecule has 1 fully saturated rings. The lowest BCUT2D eigenvalue weighted by Gasteiger charge is -2.20. The zero-order chi connectivity index (χ0) is 23.7. The largest absolute Gasteiger partial charge is 0.495 e. The number of carbonyl (C=O) groups is 2. The van der Waals surface area contributed by atoms with E-state index < -0.39 is 5.92 Å². The highest BCUT2D eigenvalue weighted by molar-refractivity contribution is 6.31. The van der Waals surface area contributed by atoms with E-state index in [1.807, 2.05) is 13.8 Å². The van der Waals surface area contributed by atoms with Gasteiger partial charge in [0.15, 0.2) is 0 Å². The summed E-state index contributed by atoms with van der Waals surface area (Å²) >= 11 is 6.11. The van der Waals surface area contributed by atoms with Gasteiger partial charge in [-0.15, -0.1) is 0 Å². The summed E-state index contributed by atoms with van der Waals surface area (Å²) in [5.74, 6) is -0.681. The van der Waals surface area contributed by atoms with Gasteiger partial charge in [-0.3, -0.25) is 9.59 Å². The lowest BCUT2D eigenvalue weighted by atomic mass is 10.1. The highest BCUT2D eigenvalue weighted by Gasteiger charge is 2.37. The summed E-state index contributed by atoms with van der Waals surface area (Å²) in [6.45, 7) is 3.99. The van der Waals surface area contributed by atoms with Gasteiger partial charge in [0, 0.05) is 29.2 Å². The lowest BCUT2D eigenvalue weighted by Crippen LogP contribution is -2.34. The first-order valence-electron chi connectivity index (χ1n) is 10.5. The smallest absolute Gasteiger partial charge is 0.227 e. The molecule has 0 aliphatic carbocycles. The predicted octanol–water partition coefficient (Wildman–Crippen LogP) is 4.21. The van der Waals surface area contributed by atoms with Gasteiger partial charge < -0.3 is 15.0 Å². The molecule has 2 amide bonds. The molecule has 0 saturated carbocycles. The maximum absolute atomic E-state index is 13.2. The van der Waals surface area contributed by atoms with Crippen molar-refractivity contribution in [2.75, 3.05) is 18.6 Å². The molecule has 2 unspecified atom stereocenters. The second-order valence-electron chi connectivity index (χ2n) is 8.03. The SMILES string of the molecule is COc1ccc(Cl)cc1N1CC(C(=O)NC(C)c2cnn(-c3ccc(F)cc3)c2C)CC1=O. The van der Waals surface area contributed by atoms with Crippen molar-refractivity contribution in [3.63, 3.8) is 0 Å². The van der Waals surface area contributed by atoms with E-state index in [2.05, 4.69) is 10.4 Å². The van der Waals surface area contributed by atoms with Crippen LogP contribution in [0.2, 0.25) is 5.02 Å². The number of rotatable bonds is 6. The van der Waals surface area contributed by atoms with E-state index in [1.54, 1.807) is 41.2 Å². The molecule has 1 aromatic heterocycles. The zero-order valence-electron chi connectivity index (χ0n) is 18.5. The molecule has 33 heavy (non-hydrogen) atoms. The minimum Gasteiger partial charge on any atom is -0.495 e. The van der Waals surface area contributed by atoms with Crippen LogP contribution in [0.15, 0.2) is 48.7 Å². The molecule has 0 bridgehead atoms. The number of carbonyl (C=O) groups excluding carboxylic acids is 2. The number of hydrogen-bond donors (Lipinski definition) is 1. The topological polar surface area (TPSA) is 76.5 Å². The molecule has 7 nitrogen and oxygen atoms in total. The average Bonchev–Trinajstić information content (AvgIpc) is 3.37. The normalized spacial score (nSPS) is 16.7. The van der Waals surface area contributed by atoms with Gasteiger partial charge in [-0.2, -0.15) is 5.10 Å². The first-order valence-corrected chi connectivity index (χ1v) is 10.9. The van der Waals surface area contributed by atoms with Crippen LogP contribution in [0.3, 0.4) is 0 Å². The Morgan fingerprint density at radius 1 is 1.27 bits per heavy atom. The van der Waals surface area contributed by atoms with E-state index in [0.29, 0.717) is 16.5 Å². The van der Waals surface area contributed by atoms with Crippen LogP contribution in [-0.2, 0) is 9.59 Å². The summed E-state index contributed by atoms with van der Waals surface area (Å²) < 4.78 is 20.3. The van der Waals surface area contributed by atoms with Crippen molar-refractivity contribution in [3.05, 3.63) is 70.8 Å². The predicted molar refractivity (Wildman–Crippen MR) is 123 cm³/mol. The molecule has 172 valence electrons. The van der Waals surface area contributed by atoms with Gasteiger partial charge in [0.2, 0.25) is 11.8 Å². The van der Waals surface area contributed by atoms with Gasteiger partial charge in [-0.1, -0.05) is 11.6 Å². The Morgan fingerprint density at radius 2 is 2.00 bits per heavy atom. The van der Waals surface area contributed by atoms with Crippen LogP contribution < -0.4 is 15.0 Å². The molecule has 2 heterocycles. The summed E-state index contributed by atoms with van der Waals surface area (Å²) in [6.07, 6.45) is 1.79. The van der Waals surface area contributed by atoms with Crippen LogP contribution in [0.1, 0.15) is 30.6 Å². The van der Waals surface area contributed by atoms with E-state index in [0.717, 1.165) is 16.9 Å². The monoisotopic (exact) mass is 470 g/mol. The Kier molecular flexibility index (Phi) is 6.37. The fourth-order valence-corrected chi connectivity index (χ4v) is 4.26. The number of amides is 2. The lowest BCUT2D eigenvalue weighted by molar-refractivity contribution is -0.126. The summed E-state index contributed by atoms with van der Waals surface area (Å²) in [4.78, 5) is 27.2. The van der Waals surface area contributed by atoms with Gasteiger partial charge in [0.1, 0.15) is 11.6 Å². The van der Waals surface area contributed by atoms with Gasteiger partial charge >= 0.3 is 0 Å². The summed E-state index contributed by atoms with van der Waals surface area (Å²) in [7, 11) is 1.52. The van der Waals surface area contributed by atoms with Crippen molar-refractivity contribution >= 4 is 29.1 Å². The van der Waals surface area contributed by atoms with E-state index in [-0.39, 0.29) is 36.6 Å². The Balaban J connectivity index is 1.46. The van der Waals surface area contributed by atoms with Crippen molar-refractivity contribution in [2.24, 2.45) is 5.92 Å². The molecule has 2 aromatic carbocycles. The number of ether oxygens (including phenoxy) is 1. The number of aromatic nitrogens is 2. The molecule has 0 radical (unpaired) electrons. The fraction of sp³-hybridized carbons (Fsp3) is 0.292. The second-order valence-corrected chi connectivity index (χ2v) is 8.46. The minimum absolute atomic E-state index is 0.0993. The Bertz CT molecular complexity index is 1190. The molecular weight excluding hydrogens is 447 g/mol. The number of hydrogen-bond acceptors (Lipinski definition) is 4. The van der Waals surface area contributed by atoms with Crippen LogP contribution >= 0.6 is 11.6 Å². The third-order valence-electron chi connectivity index (χ3n) is 5.87. The van der Waals surface area contributed by atoms with Crippen LogP contribution in [0.4, 0.5) is 10.1 Å². The van der Waals surface area contributed by atoms with Crippen molar-refractivity contribution in [3.8, 4) is 11.4 Å². The van der Waals surface area contributed by atoms with Crippen LogP contribution in [0.25, 0.3) is 5.69 Å². The molecule has 2 atom stereocenters. The maximum Gasteiger partial charge on any atom is 0.227 e. The van der Waals surface area contributed by atoms with Crippen LogP contribution in [-0.4, -0.2) is 35.2 Å². The number of halogens is 2. The zero-order valence-corrected chi connectivity index (χ0v) is 19.3. The van der Waals surface area contributed by atoms with Crippen molar-refractivity contribution < 1.29 is 18.7 Å². The molecule has 1 N–H and O–H groups in total. The van der Waals surface area contributed by atoms with E-state index in [4.69, 9.17) is 16.3 Å². The highest BCUT2D eigenvalue weighted by Crippen LogP contribution is 2.35. The number of nitrogens with one attached hydrogen (secondary N) is 1. The molecule has 0 spiro atoms. The maximum atomic E-state index is 13.2. The number of methoxy groups -OCH3 is 1. The van der Waals surface area contributed by atoms with Gasteiger partial charge in [-0.05, 0) is 56.3 Å². The Hall–Kier alpha value is -3.39. The molecule has 4 rings (SSSR count). The first kappa shape index (κ1) is 22.8. The highest BCUT2D eigenvalue weighted by atomic mass is 35.5. The Labute approximate surface area is 196 Å². The van der Waals surface area contributed by atoms with Crippen LogP contribution in [0, 0.1) is 18.7 Å². The standard InChI is InChI=1S/C24H24ClFN4O3/c1-14(20-12-27-30(15(20)2)19-7-5-18(26)6-8-19)28-24(32)16-10-23(31)29(13-16)21-11-17(25)4-9-22(21)33-3/h4-9,11-12,14,16H,10,13H2,1-3H3,(H,28,32). The second kappa shape index (κ2) is 9.23. The number of nitrogens with zero attached hydrogens (tertiary/aromatic N) is 3. The van der Waals surface area contributed by atoms with E-state index >= 15 is 0 Å². The van der Waals surface area contributed by atoms with Gasteiger partial charge in [0.25, 0.3) is 0 Å². The molecule has 9 heteroatoms. The van der Waals surface area contributed by atoms with Crippen molar-refractivity contribution in [1.29, 1.82) is 0 Å². The quantitative estimate of drug-likeness (QED) is 0.585. The fourth-order valence-electron chi connectivity index (χ4n) is 4.09. The number of benzene rings is 2. The van der Waals surface area contributed by atoms with Crippen molar-refractivity contribution in [1.82, 2.24) is 15.1 Å². The van der Waals surface area contributed by atoms with Crippen LogP contribution in [0.5, 0.6) is 5.75 Å². The Morgan fingerprint density at radius 3 is 2.70 bits per heavy atom. The summed E-state index contributed by atoms with van der Waals surface area (Å²) in [6, 6.07) is 10.8. The molecule has 1 saturated heterocycles. The summed E-state index contributed by atoms with van der Waals surface area (Å²) in [5.41, 5.74) is 2.95.